The van der Waals surface area contributed by atoms with Crippen molar-refractivity contribution < 1.29 is 13.9 Å². The number of hydrogen-bond acceptors (Lipinski definition) is 4. The monoisotopic (exact) mass is 339 g/mol. The van der Waals surface area contributed by atoms with Gasteiger partial charge in [0.25, 0.3) is 5.91 Å². The van der Waals surface area contributed by atoms with Gasteiger partial charge in [-0.3, -0.25) is 4.79 Å². The molecule has 1 aromatic carbocycles. The Kier molecular flexibility index (Phi) is 3.86. The summed E-state index contributed by atoms with van der Waals surface area (Å²) < 4.78 is 10.6. The Bertz CT molecular complexity index is 880. The lowest BCUT2D eigenvalue weighted by atomic mass is 9.91. The molecule has 4 rings (SSSR count). The van der Waals surface area contributed by atoms with E-state index >= 15 is 0 Å². The maximum absolute atomic E-state index is 12.4. The van der Waals surface area contributed by atoms with E-state index in [-0.39, 0.29) is 5.91 Å². The highest BCUT2D eigenvalue weighted by molar-refractivity contribution is 7.17. The number of hydrogen-bond donors (Lipinski definition) is 1. The Morgan fingerprint density at radius 1 is 1.25 bits per heavy atom. The van der Waals surface area contributed by atoms with Gasteiger partial charge >= 0.3 is 0 Å². The van der Waals surface area contributed by atoms with Crippen molar-refractivity contribution in [2.45, 2.75) is 19.4 Å². The highest BCUT2D eigenvalue weighted by Gasteiger charge is 2.22. The number of aryl methyl sites for hydroxylation is 2. The normalized spacial score (nSPS) is 12.4. The van der Waals surface area contributed by atoms with Gasteiger partial charge < -0.3 is 14.5 Å². The molecule has 0 atom stereocenters. The van der Waals surface area contributed by atoms with E-state index in [0.717, 1.165) is 29.2 Å². The lowest BCUT2D eigenvalue weighted by Crippen LogP contribution is -2.21. The second kappa shape index (κ2) is 6.17. The zero-order valence-electron chi connectivity index (χ0n) is 13.3. The summed E-state index contributed by atoms with van der Waals surface area (Å²) in [6, 6.07) is 11.8. The summed E-state index contributed by atoms with van der Waals surface area (Å²) in [7, 11) is 1.68. The predicted molar refractivity (Wildman–Crippen MR) is 93.6 cm³/mol. The molecule has 5 heteroatoms. The molecule has 4 nitrogen and oxygen atoms in total. The number of methoxy groups -OCH3 is 1. The third-order valence-electron chi connectivity index (χ3n) is 4.26. The molecule has 0 saturated heterocycles. The van der Waals surface area contributed by atoms with Gasteiger partial charge in [0.1, 0.15) is 11.5 Å². The number of nitrogens with one attached hydrogen (secondary N) is 1. The summed E-state index contributed by atoms with van der Waals surface area (Å²) in [5.74, 6) is 1.58. The van der Waals surface area contributed by atoms with E-state index < -0.39 is 0 Å². The van der Waals surface area contributed by atoms with Crippen LogP contribution in [0.25, 0.3) is 10.4 Å². The summed E-state index contributed by atoms with van der Waals surface area (Å²) in [6.45, 7) is 0.405. The van der Waals surface area contributed by atoms with E-state index in [4.69, 9.17) is 9.15 Å². The summed E-state index contributed by atoms with van der Waals surface area (Å²) in [4.78, 5) is 14.3. The quantitative estimate of drug-likeness (QED) is 0.780. The van der Waals surface area contributed by atoms with Crippen LogP contribution in [-0.4, -0.2) is 13.0 Å². The lowest BCUT2D eigenvalue weighted by Gasteiger charge is -2.16. The van der Waals surface area contributed by atoms with Gasteiger partial charge in [-0.05, 0) is 65.9 Å². The fraction of sp³-hybridized carbons (Fsp3) is 0.211. The minimum Gasteiger partial charge on any atom is -0.497 e. The number of rotatable bonds is 4. The first kappa shape index (κ1) is 15.0. The Morgan fingerprint density at radius 2 is 2.12 bits per heavy atom. The average molecular weight is 339 g/mol. The molecule has 1 N–H and O–H groups in total. The first-order valence-corrected chi connectivity index (χ1v) is 8.67. The third kappa shape index (κ3) is 2.71. The number of ether oxygens (including phenoxy) is 1. The van der Waals surface area contributed by atoms with Gasteiger partial charge in [-0.15, -0.1) is 11.3 Å². The maximum Gasteiger partial charge on any atom is 0.261 e. The number of thiophene rings is 1. The lowest BCUT2D eigenvalue weighted by molar-refractivity contribution is 0.0952. The molecule has 24 heavy (non-hydrogen) atoms. The summed E-state index contributed by atoms with van der Waals surface area (Å²) >= 11 is 1.55. The molecular weight excluding hydrogens is 322 g/mol. The van der Waals surface area contributed by atoms with Gasteiger partial charge in [0.2, 0.25) is 0 Å². The van der Waals surface area contributed by atoms with E-state index in [0.29, 0.717) is 6.54 Å². The summed E-state index contributed by atoms with van der Waals surface area (Å²) in [5.41, 5.74) is 3.75. The van der Waals surface area contributed by atoms with Crippen molar-refractivity contribution in [1.82, 2.24) is 5.32 Å². The Labute approximate surface area is 144 Å². The topological polar surface area (TPSA) is 51.5 Å². The van der Waals surface area contributed by atoms with Crippen molar-refractivity contribution in [1.29, 1.82) is 0 Å². The van der Waals surface area contributed by atoms with Gasteiger partial charge in [0.05, 0.1) is 24.8 Å². The molecule has 1 aliphatic rings. The minimum atomic E-state index is -0.0548. The molecule has 0 saturated carbocycles. The van der Waals surface area contributed by atoms with Gasteiger partial charge in [0.15, 0.2) is 0 Å². The molecule has 1 aliphatic carbocycles. The molecule has 1 amide bonds. The van der Waals surface area contributed by atoms with Crippen LogP contribution in [0, 0.1) is 0 Å². The Balaban J connectivity index is 1.58. The Hall–Kier alpha value is -2.53. The van der Waals surface area contributed by atoms with E-state index in [2.05, 4.69) is 17.4 Å². The number of benzene rings is 1. The Morgan fingerprint density at radius 3 is 2.92 bits per heavy atom. The number of carbonyl (C=O) groups excluding carboxylic acids is 1. The van der Waals surface area contributed by atoms with E-state index in [1.807, 2.05) is 24.3 Å². The number of furan rings is 1. The fourth-order valence-corrected chi connectivity index (χ4v) is 4.20. The van der Waals surface area contributed by atoms with Crippen LogP contribution in [0.2, 0.25) is 0 Å². The van der Waals surface area contributed by atoms with E-state index in [1.165, 1.54) is 21.6 Å². The van der Waals surface area contributed by atoms with Crippen molar-refractivity contribution in [3.63, 3.8) is 0 Å². The number of fused-ring (bicyclic) bond motifs is 3. The largest absolute Gasteiger partial charge is 0.497 e. The van der Waals surface area contributed by atoms with E-state index in [9.17, 15) is 4.79 Å². The summed E-state index contributed by atoms with van der Waals surface area (Å²) in [5, 5.41) is 2.91. The van der Waals surface area contributed by atoms with Crippen molar-refractivity contribution in [2.75, 3.05) is 7.11 Å². The minimum absolute atomic E-state index is 0.0548. The van der Waals surface area contributed by atoms with Gasteiger partial charge in [-0.1, -0.05) is 0 Å². The molecule has 0 aliphatic heterocycles. The zero-order chi connectivity index (χ0) is 16.5. The van der Waals surface area contributed by atoms with Crippen LogP contribution in [-0.2, 0) is 19.4 Å². The maximum atomic E-state index is 12.4. The molecule has 0 spiro atoms. The molecular formula is C19H17NO3S. The van der Waals surface area contributed by atoms with Crippen LogP contribution >= 0.6 is 11.3 Å². The molecule has 0 unspecified atom stereocenters. The number of amides is 1. The molecule has 2 aromatic heterocycles. The second-order valence-corrected chi connectivity index (χ2v) is 6.80. The zero-order valence-corrected chi connectivity index (χ0v) is 14.1. The van der Waals surface area contributed by atoms with Gasteiger partial charge in [0, 0.05) is 4.88 Å². The summed E-state index contributed by atoms with van der Waals surface area (Å²) in [6.07, 6.45) is 3.54. The van der Waals surface area contributed by atoms with Gasteiger partial charge in [-0.25, -0.2) is 0 Å². The highest BCUT2D eigenvalue weighted by atomic mass is 32.1. The van der Waals surface area contributed by atoms with E-state index in [1.54, 1.807) is 24.7 Å². The highest BCUT2D eigenvalue weighted by Crippen LogP contribution is 2.40. The van der Waals surface area contributed by atoms with Crippen molar-refractivity contribution >= 4 is 17.2 Å². The first-order valence-electron chi connectivity index (χ1n) is 7.85. The molecule has 0 bridgehead atoms. The smallest absolute Gasteiger partial charge is 0.261 e. The third-order valence-corrected chi connectivity index (χ3v) is 5.47. The molecule has 3 aromatic rings. The van der Waals surface area contributed by atoms with Crippen molar-refractivity contribution in [2.24, 2.45) is 0 Å². The van der Waals surface area contributed by atoms with Crippen LogP contribution in [0.3, 0.4) is 0 Å². The van der Waals surface area contributed by atoms with Crippen LogP contribution in [0.15, 0.2) is 47.1 Å². The molecule has 0 radical (unpaired) electrons. The molecule has 2 heterocycles. The van der Waals surface area contributed by atoms with Crippen molar-refractivity contribution in [3.8, 4) is 16.2 Å². The average Bonchev–Trinajstić information content (AvgIpc) is 3.28. The first-order chi connectivity index (χ1) is 11.7. The molecule has 122 valence electrons. The standard InChI is InChI=1S/C19H17NO3S/c1-22-14-6-7-16-12(9-14)4-5-13-10-17(24-18(13)16)19(21)20-11-15-3-2-8-23-15/h2-3,6-10H,4-5,11H2,1H3,(H,20,21). The predicted octanol–water partition coefficient (Wildman–Crippen LogP) is 4.05. The van der Waals surface area contributed by atoms with Crippen molar-refractivity contribution in [3.05, 3.63) is 64.4 Å². The number of carbonyl (C=O) groups is 1. The van der Waals surface area contributed by atoms with Crippen LogP contribution in [0.1, 0.15) is 26.6 Å². The fourth-order valence-electron chi connectivity index (χ4n) is 3.02. The van der Waals surface area contributed by atoms with Crippen LogP contribution in [0.5, 0.6) is 5.75 Å². The molecule has 0 fully saturated rings. The van der Waals surface area contributed by atoms with Crippen LogP contribution in [0.4, 0.5) is 0 Å². The van der Waals surface area contributed by atoms with Crippen LogP contribution < -0.4 is 10.1 Å². The SMILES string of the molecule is COc1ccc2c(c1)CCc1cc(C(=O)NCc3ccco3)sc1-2. The second-order valence-electron chi connectivity index (χ2n) is 5.75. The van der Waals surface area contributed by atoms with Gasteiger partial charge in [-0.2, -0.15) is 0 Å².